The second kappa shape index (κ2) is 9.08. The topological polar surface area (TPSA) is 124 Å². The molecule has 0 aromatic heterocycles. The molecular weight excluding hydrogens is 504 g/mol. The van der Waals surface area contributed by atoms with Crippen molar-refractivity contribution in [2.45, 2.75) is 54.6 Å². The molecule has 35 heavy (non-hydrogen) atoms. The van der Waals surface area contributed by atoms with E-state index < -0.39 is 62.3 Å². The van der Waals surface area contributed by atoms with Crippen molar-refractivity contribution >= 4 is 33.0 Å². The van der Waals surface area contributed by atoms with Crippen LogP contribution in [0.3, 0.4) is 0 Å². The van der Waals surface area contributed by atoms with Gasteiger partial charge in [-0.05, 0) is 67.9 Å². The van der Waals surface area contributed by atoms with Crippen LogP contribution in [0.1, 0.15) is 37.0 Å². The van der Waals surface area contributed by atoms with Crippen LogP contribution >= 0.6 is 11.6 Å². The van der Waals surface area contributed by atoms with Crippen LogP contribution in [0.25, 0.3) is 0 Å². The number of hydrogen-bond acceptors (Lipinski definition) is 6. The zero-order chi connectivity index (χ0) is 25.9. The zero-order valence-electron chi connectivity index (χ0n) is 19.0. The largest absolute Gasteiger partial charge is 0.391 e. The lowest BCUT2D eigenvalue weighted by Crippen LogP contribution is -2.73. The van der Waals surface area contributed by atoms with E-state index in [1.165, 1.54) is 25.1 Å². The number of halogens is 3. The summed E-state index contributed by atoms with van der Waals surface area (Å²) in [7, 11) is -4.03. The van der Waals surface area contributed by atoms with Gasteiger partial charge in [-0.2, -0.15) is 0 Å². The molecule has 2 aromatic rings. The Morgan fingerprint density at radius 3 is 2.31 bits per heavy atom. The number of amides is 1. The second-order valence-corrected chi connectivity index (χ2v) is 12.1. The van der Waals surface area contributed by atoms with Crippen LogP contribution in [0.4, 0.5) is 14.5 Å². The van der Waals surface area contributed by atoms with Crippen LogP contribution in [0, 0.1) is 29.4 Å². The third-order valence-corrected chi connectivity index (χ3v) is 10.2. The highest BCUT2D eigenvalue weighted by atomic mass is 35.5. The summed E-state index contributed by atoms with van der Waals surface area (Å²) in [5, 5.41) is 32.6. The van der Waals surface area contributed by atoms with Gasteiger partial charge in [0.15, 0.2) is 21.5 Å². The van der Waals surface area contributed by atoms with Crippen molar-refractivity contribution in [3.05, 3.63) is 58.6 Å². The number of fused-ring (bicyclic) bond motifs is 2. The molecule has 0 heterocycles. The van der Waals surface area contributed by atoms with E-state index >= 15 is 0 Å². The van der Waals surface area contributed by atoms with Crippen LogP contribution in [0.15, 0.2) is 41.3 Å². The molecule has 7 nitrogen and oxygen atoms in total. The summed E-state index contributed by atoms with van der Waals surface area (Å²) >= 11 is 6.20. The molecule has 0 saturated heterocycles. The van der Waals surface area contributed by atoms with E-state index in [0.717, 1.165) is 18.2 Å². The average molecular weight is 530 g/mol. The highest BCUT2D eigenvalue weighted by molar-refractivity contribution is 7.92. The maximum atomic E-state index is 13.5. The highest BCUT2D eigenvalue weighted by Gasteiger charge is 2.67. The molecule has 190 valence electrons. The Balaban J connectivity index is 1.58. The van der Waals surface area contributed by atoms with Crippen molar-refractivity contribution in [2.75, 3.05) is 5.32 Å². The van der Waals surface area contributed by atoms with E-state index in [4.69, 9.17) is 11.6 Å². The Morgan fingerprint density at radius 1 is 1.11 bits per heavy atom. The minimum Gasteiger partial charge on any atom is -0.391 e. The van der Waals surface area contributed by atoms with Gasteiger partial charge in [0.05, 0.1) is 26.9 Å². The van der Waals surface area contributed by atoms with Crippen molar-refractivity contribution in [3.63, 3.8) is 0 Å². The molecule has 3 aliphatic rings. The number of benzene rings is 2. The fourth-order valence-corrected chi connectivity index (χ4v) is 8.00. The molecule has 0 radical (unpaired) electrons. The van der Waals surface area contributed by atoms with E-state index in [0.29, 0.717) is 0 Å². The maximum absolute atomic E-state index is 13.5. The number of carbonyl (C=O) groups excluding carboxylic acids is 1. The number of rotatable bonds is 6. The molecule has 2 unspecified atom stereocenters. The second-order valence-electron chi connectivity index (χ2n) is 9.51. The normalized spacial score (nSPS) is 29.7. The van der Waals surface area contributed by atoms with Crippen LogP contribution in [-0.2, 0) is 9.84 Å². The fraction of sp³-hybridized carbons (Fsp3) is 0.458. The summed E-state index contributed by atoms with van der Waals surface area (Å²) in [5.74, 6) is -4.07. The van der Waals surface area contributed by atoms with Gasteiger partial charge in [0.2, 0.25) is 0 Å². The third kappa shape index (κ3) is 4.25. The van der Waals surface area contributed by atoms with E-state index in [2.05, 4.69) is 5.32 Å². The maximum Gasteiger partial charge on any atom is 0.255 e. The Labute approximate surface area is 206 Å². The van der Waals surface area contributed by atoms with Gasteiger partial charge in [0, 0.05) is 17.3 Å². The number of sulfone groups is 1. The first-order chi connectivity index (χ1) is 16.3. The van der Waals surface area contributed by atoms with Gasteiger partial charge < -0.3 is 20.6 Å². The van der Waals surface area contributed by atoms with Crippen LogP contribution in [0.2, 0.25) is 5.02 Å². The third-order valence-electron chi connectivity index (χ3n) is 7.54. The van der Waals surface area contributed by atoms with Gasteiger partial charge in [0.25, 0.3) is 5.91 Å². The van der Waals surface area contributed by atoms with Gasteiger partial charge in [-0.15, -0.1) is 0 Å². The van der Waals surface area contributed by atoms with Crippen LogP contribution in [-0.4, -0.2) is 52.7 Å². The molecule has 2 aromatic carbocycles. The van der Waals surface area contributed by atoms with Crippen molar-refractivity contribution in [1.82, 2.24) is 0 Å². The molecule has 0 aliphatic heterocycles. The number of anilines is 1. The van der Waals surface area contributed by atoms with Crippen molar-refractivity contribution in [3.8, 4) is 0 Å². The lowest BCUT2D eigenvalue weighted by Gasteiger charge is -2.64. The fourth-order valence-electron chi connectivity index (χ4n) is 5.65. The monoisotopic (exact) mass is 529 g/mol. The lowest BCUT2D eigenvalue weighted by atomic mass is 9.46. The number of aliphatic hydroxyl groups excluding tert-OH is 2. The number of hydrogen-bond donors (Lipinski definition) is 4. The first-order valence-corrected chi connectivity index (χ1v) is 13.1. The molecule has 4 N–H and O–H groups in total. The quantitative estimate of drug-likeness (QED) is 0.456. The van der Waals surface area contributed by atoms with Crippen LogP contribution in [0.5, 0.6) is 0 Å². The summed E-state index contributed by atoms with van der Waals surface area (Å²) in [5.41, 5.74) is -1.63. The summed E-state index contributed by atoms with van der Waals surface area (Å²) in [6, 6.07) is 6.55. The Kier molecular flexibility index (Phi) is 6.74. The van der Waals surface area contributed by atoms with Gasteiger partial charge in [-0.25, -0.2) is 17.2 Å². The Bertz CT molecular complexity index is 1260. The Morgan fingerprint density at radius 2 is 1.74 bits per heavy atom. The zero-order valence-corrected chi connectivity index (χ0v) is 20.5. The standard InChI is InChI=1S/C24H26ClF2NO6S/c1-11-16-9-15(10-17(11)24(16,32)22(30)12(2)29)35(33,34)21-7-13(3-5-18(21)25)23(31)28-14-4-6-19(26)20(27)8-14/h3-8,11-12,15-17,22,29-30,32H,9-10H2,1-2H3,(H,28,31)/t11-,12-,15+,16?,17?,22+,24+/m0/s1. The number of aliphatic hydroxyl groups is 3. The molecule has 5 rings (SSSR count). The highest BCUT2D eigenvalue weighted by Crippen LogP contribution is 2.60. The predicted molar refractivity (Wildman–Crippen MR) is 125 cm³/mol. The number of nitrogens with one attached hydrogen (secondary N) is 1. The van der Waals surface area contributed by atoms with E-state index in [9.17, 15) is 37.3 Å². The summed E-state index contributed by atoms with van der Waals surface area (Å²) in [6.45, 7) is 3.24. The van der Waals surface area contributed by atoms with Gasteiger partial charge in [0.1, 0.15) is 6.10 Å². The summed E-state index contributed by atoms with van der Waals surface area (Å²) in [6.07, 6.45) is -2.46. The molecule has 3 fully saturated rings. The molecule has 1 amide bonds. The van der Waals surface area contributed by atoms with E-state index in [1.807, 2.05) is 6.92 Å². The van der Waals surface area contributed by atoms with Gasteiger partial charge in [-0.1, -0.05) is 18.5 Å². The molecule has 11 heteroatoms. The molecule has 3 saturated carbocycles. The van der Waals surface area contributed by atoms with Crippen molar-refractivity contribution in [1.29, 1.82) is 0 Å². The molecule has 4 atom stereocenters. The molecule has 2 bridgehead atoms. The minimum atomic E-state index is -4.03. The predicted octanol–water partition coefficient (Wildman–Crippen LogP) is 3.16. The van der Waals surface area contributed by atoms with E-state index in [1.54, 1.807) is 0 Å². The van der Waals surface area contributed by atoms with Crippen molar-refractivity contribution < 1.29 is 37.3 Å². The van der Waals surface area contributed by atoms with Crippen molar-refractivity contribution in [2.24, 2.45) is 17.8 Å². The molecular formula is C24H26ClF2NO6S. The van der Waals surface area contributed by atoms with Gasteiger partial charge >= 0.3 is 0 Å². The molecule has 3 aliphatic carbocycles. The van der Waals surface area contributed by atoms with Gasteiger partial charge in [-0.3, -0.25) is 4.79 Å². The SMILES string of the molecule is C[C@H](O)[C@@H](O)[C@]1(O)C2C[C@H](S(=O)(=O)c3cc(C(=O)Nc4ccc(F)c(F)c4)ccc3Cl)CC1[C@@H]2C. The smallest absolute Gasteiger partial charge is 0.255 e. The first-order valence-electron chi connectivity index (χ1n) is 11.2. The summed E-state index contributed by atoms with van der Waals surface area (Å²) < 4.78 is 53.6. The number of carbonyl (C=O) groups is 1. The summed E-state index contributed by atoms with van der Waals surface area (Å²) in [4.78, 5) is 12.4. The average Bonchev–Trinajstić information content (AvgIpc) is 2.81. The van der Waals surface area contributed by atoms with Crippen LogP contribution < -0.4 is 5.32 Å². The van der Waals surface area contributed by atoms with E-state index in [-0.39, 0.29) is 39.9 Å². The molecule has 0 spiro atoms. The minimum absolute atomic E-state index is 0.00873. The Hall–Kier alpha value is -2.11. The first kappa shape index (κ1) is 26.0. The lowest BCUT2D eigenvalue weighted by molar-refractivity contribution is -0.277.